The minimum Gasteiger partial charge on any atom is -0.756 e. The number of hydrogen-bond donors (Lipinski definition) is 0. The Morgan fingerprint density at radius 3 is 1.61 bits per heavy atom. The van der Waals surface area contributed by atoms with Crippen LogP contribution in [0.3, 0.4) is 0 Å². The lowest BCUT2D eigenvalue weighted by molar-refractivity contribution is -0.870. The maximum absolute atomic E-state index is 12.7. The zero-order valence-corrected chi connectivity index (χ0v) is 40.5. The van der Waals surface area contributed by atoms with E-state index in [2.05, 4.69) is 38.2 Å². The number of likely N-dealkylation sites (N-methyl/N-ethyl adjacent to an activating group) is 1. The Labute approximate surface area is 373 Å². The molecule has 0 aliphatic rings. The molecule has 10 nitrogen and oxygen atoms in total. The molecule has 0 radical (unpaired) electrons. The lowest BCUT2D eigenvalue weighted by Gasteiger charge is -2.28. The van der Waals surface area contributed by atoms with E-state index in [1.54, 1.807) is 6.08 Å². The van der Waals surface area contributed by atoms with Crippen LogP contribution in [0.15, 0.2) is 48.6 Å². The first-order valence-electron chi connectivity index (χ1n) is 24.3. The minimum atomic E-state index is -4.69. The zero-order chi connectivity index (χ0) is 45.1. The molecule has 0 N–H and O–H groups in total. The van der Waals surface area contributed by atoms with Crippen LogP contribution >= 0.6 is 7.82 Å². The van der Waals surface area contributed by atoms with Gasteiger partial charge >= 0.3 is 11.9 Å². The number of carbonyl (C=O) groups excluding carboxylic acids is 3. The van der Waals surface area contributed by atoms with E-state index in [0.717, 1.165) is 38.5 Å². The highest BCUT2D eigenvalue weighted by Gasteiger charge is 2.22. The van der Waals surface area contributed by atoms with Crippen molar-refractivity contribution in [3.8, 4) is 0 Å². The first-order valence-corrected chi connectivity index (χ1v) is 25.8. The van der Waals surface area contributed by atoms with Crippen molar-refractivity contribution in [1.82, 2.24) is 0 Å². The summed E-state index contributed by atoms with van der Waals surface area (Å²) in [6.45, 7) is 3.94. The largest absolute Gasteiger partial charge is 0.756 e. The molecule has 0 spiro atoms. The monoisotopic (exact) mass is 880 g/mol. The molecule has 0 amide bonds. The molecular formula is C50H90NO9P. The van der Waals surface area contributed by atoms with Gasteiger partial charge in [-0.3, -0.25) is 18.9 Å². The summed E-state index contributed by atoms with van der Waals surface area (Å²) in [6, 6.07) is 0. The molecule has 354 valence electrons. The molecule has 1 unspecified atom stereocenters. The Hall–Kier alpha value is -2.36. The fraction of sp³-hybridized carbons (Fsp3) is 0.780. The minimum absolute atomic E-state index is 0.0634. The van der Waals surface area contributed by atoms with Gasteiger partial charge in [-0.05, 0) is 44.6 Å². The molecule has 0 aromatic rings. The van der Waals surface area contributed by atoms with Crippen molar-refractivity contribution in [2.45, 2.75) is 206 Å². The fourth-order valence-corrected chi connectivity index (χ4v) is 7.22. The first-order chi connectivity index (χ1) is 29.4. The van der Waals surface area contributed by atoms with Crippen molar-refractivity contribution in [3.63, 3.8) is 0 Å². The van der Waals surface area contributed by atoms with E-state index in [0.29, 0.717) is 17.4 Å². The molecule has 0 bridgehead atoms. The van der Waals surface area contributed by atoms with Crippen LogP contribution < -0.4 is 4.89 Å². The van der Waals surface area contributed by atoms with Gasteiger partial charge in [0.15, 0.2) is 11.9 Å². The van der Waals surface area contributed by atoms with Gasteiger partial charge in [-0.25, -0.2) is 0 Å². The molecule has 2 atom stereocenters. The SMILES string of the molecule is CCCCC/C=C\C/C=C\C/C=C\C=C\C(=O)CCCC(=O)O[C@H](COC(=O)CCCCCCCCCCCCCCCCCCCCC)COP(=O)([O-])OCC[N+](C)(C)C. The Bertz CT molecular complexity index is 1240. The number of nitrogens with zero attached hydrogens (tertiary/aromatic N) is 1. The predicted octanol–water partition coefficient (Wildman–Crippen LogP) is 12.8. The van der Waals surface area contributed by atoms with Crippen LogP contribution in [0.25, 0.3) is 0 Å². The Balaban J connectivity index is 4.45. The number of phosphoric acid groups is 1. The summed E-state index contributed by atoms with van der Waals surface area (Å²) in [5.74, 6) is -1.21. The van der Waals surface area contributed by atoms with Crippen molar-refractivity contribution in [2.24, 2.45) is 0 Å². The number of hydrogen-bond acceptors (Lipinski definition) is 9. The predicted molar refractivity (Wildman–Crippen MR) is 250 cm³/mol. The van der Waals surface area contributed by atoms with Gasteiger partial charge in [0, 0.05) is 19.3 Å². The van der Waals surface area contributed by atoms with E-state index >= 15 is 0 Å². The normalized spacial score (nSPS) is 13.8. The number of quaternary nitrogens is 1. The number of ketones is 1. The third-order valence-electron chi connectivity index (χ3n) is 10.3. The molecule has 0 saturated heterocycles. The van der Waals surface area contributed by atoms with Crippen LogP contribution in [-0.2, 0) is 37.5 Å². The van der Waals surface area contributed by atoms with Crippen LogP contribution in [0.4, 0.5) is 0 Å². The average molecular weight is 880 g/mol. The summed E-state index contributed by atoms with van der Waals surface area (Å²) in [5, 5.41) is 0. The summed E-state index contributed by atoms with van der Waals surface area (Å²) >= 11 is 0. The standard InChI is InChI=1S/C50H90NO9P/c1-6-8-10-12-14-16-18-20-21-22-23-24-25-27-29-31-33-35-37-41-49(53)57-45-48(46-59-61(55,56)58-44-43-51(3,4)5)60-50(54)42-38-40-47(52)39-36-34-32-30-28-26-19-17-15-13-11-9-7-2/h15,17,26,28,32,34,36,39,48H,6-14,16,18-25,27,29-31,33,35,37-38,40-46H2,1-5H3/b17-15-,28-26-,34-32-,39-36+/t48-/m1/s1. The number of rotatable bonds is 44. The number of allylic oxidation sites excluding steroid dienone is 8. The van der Waals surface area contributed by atoms with E-state index in [4.69, 9.17) is 18.5 Å². The molecule has 0 saturated carbocycles. The topological polar surface area (TPSA) is 128 Å². The Morgan fingerprint density at radius 2 is 1.05 bits per heavy atom. The second-order valence-electron chi connectivity index (χ2n) is 17.5. The summed E-state index contributed by atoms with van der Waals surface area (Å²) < 4.78 is 33.7. The third kappa shape index (κ3) is 45.5. The van der Waals surface area contributed by atoms with Crippen molar-refractivity contribution in [2.75, 3.05) is 47.5 Å². The summed E-state index contributed by atoms with van der Waals surface area (Å²) in [6.07, 6.45) is 45.7. The molecule has 0 aliphatic carbocycles. The van der Waals surface area contributed by atoms with Crippen molar-refractivity contribution in [3.05, 3.63) is 48.6 Å². The Kier molecular flexibility index (Phi) is 40.0. The highest BCUT2D eigenvalue weighted by atomic mass is 31.2. The van der Waals surface area contributed by atoms with E-state index in [9.17, 15) is 23.8 Å². The second kappa shape index (κ2) is 41.6. The third-order valence-corrected chi connectivity index (χ3v) is 11.3. The number of unbranched alkanes of at least 4 members (excludes halogenated alkanes) is 21. The van der Waals surface area contributed by atoms with Gasteiger partial charge in [-0.15, -0.1) is 0 Å². The zero-order valence-electron chi connectivity index (χ0n) is 39.6. The van der Waals surface area contributed by atoms with Crippen molar-refractivity contribution in [1.29, 1.82) is 0 Å². The summed E-state index contributed by atoms with van der Waals surface area (Å²) in [7, 11) is 1.02. The van der Waals surface area contributed by atoms with Gasteiger partial charge in [0.05, 0.1) is 27.7 Å². The summed E-state index contributed by atoms with van der Waals surface area (Å²) in [5.41, 5.74) is 0. The Morgan fingerprint density at radius 1 is 0.557 bits per heavy atom. The van der Waals surface area contributed by atoms with Crippen molar-refractivity contribution < 1.29 is 46.8 Å². The maximum Gasteiger partial charge on any atom is 0.306 e. The van der Waals surface area contributed by atoms with E-state index in [-0.39, 0.29) is 44.7 Å². The molecule has 0 rings (SSSR count). The van der Waals surface area contributed by atoms with Crippen LogP contribution in [0.5, 0.6) is 0 Å². The van der Waals surface area contributed by atoms with E-state index in [1.165, 1.54) is 122 Å². The molecule has 0 aromatic carbocycles. The second-order valence-corrected chi connectivity index (χ2v) is 18.9. The maximum atomic E-state index is 12.7. The molecule has 0 heterocycles. The quantitative estimate of drug-likeness (QED) is 0.0112. The molecule has 0 aliphatic heterocycles. The molecule has 11 heteroatoms. The van der Waals surface area contributed by atoms with Crippen LogP contribution in [-0.4, -0.2) is 75.8 Å². The number of esters is 2. The lowest BCUT2D eigenvalue weighted by Crippen LogP contribution is -2.37. The molecule has 0 aromatic heterocycles. The number of ether oxygens (including phenoxy) is 2. The fourth-order valence-electron chi connectivity index (χ4n) is 6.49. The van der Waals surface area contributed by atoms with Crippen LogP contribution in [0.1, 0.15) is 200 Å². The van der Waals surface area contributed by atoms with Crippen LogP contribution in [0, 0.1) is 0 Å². The van der Waals surface area contributed by atoms with Crippen molar-refractivity contribution >= 4 is 25.5 Å². The van der Waals surface area contributed by atoms with E-state index in [1.807, 2.05) is 33.3 Å². The highest BCUT2D eigenvalue weighted by Crippen LogP contribution is 2.38. The number of phosphoric ester groups is 1. The molecular weight excluding hydrogens is 790 g/mol. The van der Waals surface area contributed by atoms with E-state index < -0.39 is 32.5 Å². The van der Waals surface area contributed by atoms with Gasteiger partial charge in [0.2, 0.25) is 0 Å². The first kappa shape index (κ1) is 58.6. The van der Waals surface area contributed by atoms with Gasteiger partial charge in [-0.1, -0.05) is 185 Å². The van der Waals surface area contributed by atoms with Crippen LogP contribution in [0.2, 0.25) is 0 Å². The highest BCUT2D eigenvalue weighted by molar-refractivity contribution is 7.45. The number of carbonyl (C=O) groups is 3. The molecule has 61 heavy (non-hydrogen) atoms. The smallest absolute Gasteiger partial charge is 0.306 e. The average Bonchev–Trinajstić information content (AvgIpc) is 3.21. The molecule has 0 fully saturated rings. The lowest BCUT2D eigenvalue weighted by atomic mass is 10.0. The van der Waals surface area contributed by atoms with Gasteiger partial charge in [0.25, 0.3) is 7.82 Å². The summed E-state index contributed by atoms with van der Waals surface area (Å²) in [4.78, 5) is 49.9. The van der Waals surface area contributed by atoms with Gasteiger partial charge in [-0.2, -0.15) is 0 Å². The van der Waals surface area contributed by atoms with Gasteiger partial charge < -0.3 is 27.9 Å². The van der Waals surface area contributed by atoms with Gasteiger partial charge in [0.1, 0.15) is 19.8 Å².